The van der Waals surface area contributed by atoms with E-state index >= 15 is 0 Å². The Morgan fingerprint density at radius 3 is 2.33 bits per heavy atom. The van der Waals surface area contributed by atoms with Gasteiger partial charge in [-0.3, -0.25) is 0 Å². The average Bonchev–Trinajstić information content (AvgIpc) is 1.84. The Hall–Kier alpha value is -0.440. The second kappa shape index (κ2) is 5.69. The summed E-state index contributed by atoms with van der Waals surface area (Å²) in [5, 5.41) is 0. The molecule has 0 saturated carbocycles. The van der Waals surface area contributed by atoms with Gasteiger partial charge < -0.3 is 4.18 Å². The van der Waals surface area contributed by atoms with E-state index in [0.717, 1.165) is 0 Å². The van der Waals surface area contributed by atoms with Crippen LogP contribution in [-0.2, 0) is 8.98 Å². The molecule has 0 aromatic rings. The molecule has 0 saturated heterocycles. The smallest absolute Gasteiger partial charge is 0.345 e. The lowest BCUT2D eigenvalue weighted by Crippen LogP contribution is -1.98. The molecule has 0 aliphatic heterocycles. The van der Waals surface area contributed by atoms with Crippen molar-refractivity contribution >= 4 is 18.9 Å². The van der Waals surface area contributed by atoms with Crippen molar-refractivity contribution in [3.8, 4) is 0 Å². The van der Waals surface area contributed by atoms with Crippen molar-refractivity contribution in [2.45, 2.75) is 20.8 Å². The largest absolute Gasteiger partial charge is 0.391 e. The molecule has 0 radical (unpaired) electrons. The lowest BCUT2D eigenvalue weighted by atomic mass is 10.2. The van der Waals surface area contributed by atoms with Gasteiger partial charge in [0.15, 0.2) is 0 Å². The molecule has 0 aromatic heterocycles. The molecule has 9 heavy (non-hydrogen) atoms. The first-order chi connectivity index (χ1) is 3.72. The van der Waals surface area contributed by atoms with Gasteiger partial charge in [-0.25, -0.2) is 4.79 Å². The first-order valence-corrected chi connectivity index (χ1v) is 2.62. The monoisotopic (exact) mass is 148 g/mol. The molecule has 0 unspecified atom stereocenters. The summed E-state index contributed by atoms with van der Waals surface area (Å²) >= 11 is 3.30. The van der Waals surface area contributed by atoms with Crippen LogP contribution in [0, 0.1) is 0 Å². The number of carbonyl (C=O) groups is 1. The lowest BCUT2D eigenvalue weighted by molar-refractivity contribution is -0.128. The second-order valence-electron chi connectivity index (χ2n) is 1.34. The van der Waals surface area contributed by atoms with Crippen LogP contribution in [0.3, 0.4) is 0 Å². The maximum absolute atomic E-state index is 10.3. The van der Waals surface area contributed by atoms with Crippen molar-refractivity contribution in [2.24, 2.45) is 0 Å². The topological polar surface area (TPSA) is 26.3 Å². The molecule has 0 aliphatic carbocycles. The van der Waals surface area contributed by atoms with Gasteiger partial charge in [0.2, 0.25) is 0 Å². The van der Waals surface area contributed by atoms with E-state index in [0.29, 0.717) is 12.0 Å². The molecule has 0 spiro atoms. The van der Waals surface area contributed by atoms with Crippen molar-refractivity contribution in [1.29, 1.82) is 0 Å². The molecular formula is C6H12O2S. The van der Waals surface area contributed by atoms with Crippen LogP contribution in [0.2, 0.25) is 0 Å². The Morgan fingerprint density at radius 2 is 2.22 bits per heavy atom. The van der Waals surface area contributed by atoms with Crippen LogP contribution >= 0.6 is 12.9 Å². The predicted molar refractivity (Wildman–Crippen MR) is 41.2 cm³/mol. The van der Waals surface area contributed by atoms with Crippen molar-refractivity contribution in [3.63, 3.8) is 0 Å². The lowest BCUT2D eigenvalue weighted by Gasteiger charge is -1.94. The molecule has 0 fully saturated rings. The van der Waals surface area contributed by atoms with Crippen molar-refractivity contribution in [2.75, 3.05) is 0 Å². The molecule has 0 aromatic carbocycles. The van der Waals surface area contributed by atoms with E-state index in [2.05, 4.69) is 23.7 Å². The Labute approximate surface area is 61.5 Å². The zero-order valence-electron chi connectivity index (χ0n) is 4.68. The minimum Gasteiger partial charge on any atom is -0.391 e. The molecular weight excluding hydrogens is 136 g/mol. The molecule has 0 atom stereocenters. The molecule has 0 bridgehead atoms. The van der Waals surface area contributed by atoms with Crippen molar-refractivity contribution in [1.82, 2.24) is 0 Å². The summed E-state index contributed by atoms with van der Waals surface area (Å²) in [5.41, 5.74) is 0.444. The summed E-state index contributed by atoms with van der Waals surface area (Å²) in [4.78, 5) is 10.3. The van der Waals surface area contributed by atoms with Gasteiger partial charge in [0.1, 0.15) is 0 Å². The Kier molecular flexibility index (Phi) is 7.19. The van der Waals surface area contributed by atoms with Gasteiger partial charge in [-0.15, -0.1) is 0 Å². The highest BCUT2D eigenvalue weighted by molar-refractivity contribution is 7.75. The van der Waals surface area contributed by atoms with Gasteiger partial charge in [0.05, 0.1) is 0 Å². The van der Waals surface area contributed by atoms with Gasteiger partial charge in [0, 0.05) is 18.5 Å². The van der Waals surface area contributed by atoms with E-state index in [1.54, 1.807) is 0 Å². The number of hydrogen-bond acceptors (Lipinski definition) is 3. The molecule has 54 valence electrons. The number of rotatable bonds is 2. The third-order valence-electron chi connectivity index (χ3n) is 0.798. The van der Waals surface area contributed by atoms with Gasteiger partial charge in [0.25, 0.3) is 0 Å². The van der Waals surface area contributed by atoms with Crippen LogP contribution in [0.25, 0.3) is 0 Å². The Morgan fingerprint density at radius 1 is 1.78 bits per heavy atom. The second-order valence-corrected chi connectivity index (χ2v) is 1.52. The third kappa shape index (κ3) is 4.09. The predicted octanol–water partition coefficient (Wildman–Crippen LogP) is 1.98. The van der Waals surface area contributed by atoms with E-state index in [4.69, 9.17) is 0 Å². The molecule has 0 rings (SSSR count). The molecule has 0 heterocycles. The van der Waals surface area contributed by atoms with E-state index in [1.807, 2.05) is 6.92 Å². The fourth-order valence-corrected chi connectivity index (χ4v) is 0.338. The average molecular weight is 148 g/mol. The van der Waals surface area contributed by atoms with Crippen molar-refractivity contribution < 1.29 is 8.98 Å². The SMILES string of the molecule is C.C=C(CC)C(=O)OS. The quantitative estimate of drug-likeness (QED) is 0.368. The van der Waals surface area contributed by atoms with Gasteiger partial charge in [-0.05, 0) is 6.42 Å². The maximum atomic E-state index is 10.3. The normalized spacial score (nSPS) is 7.33. The van der Waals surface area contributed by atoms with Crippen LogP contribution in [0.1, 0.15) is 20.8 Å². The minimum absolute atomic E-state index is 0. The van der Waals surface area contributed by atoms with E-state index in [9.17, 15) is 4.79 Å². The van der Waals surface area contributed by atoms with Crippen molar-refractivity contribution in [3.05, 3.63) is 12.2 Å². The number of thiol groups is 1. The highest BCUT2D eigenvalue weighted by Gasteiger charge is 2.01. The van der Waals surface area contributed by atoms with Crippen LogP contribution in [0.4, 0.5) is 0 Å². The third-order valence-corrected chi connectivity index (χ3v) is 0.964. The Bertz CT molecular complexity index is 95.6. The van der Waals surface area contributed by atoms with Crippen LogP contribution in [0.5, 0.6) is 0 Å². The summed E-state index contributed by atoms with van der Waals surface area (Å²) in [5.74, 6) is -0.448. The minimum atomic E-state index is -0.448. The van der Waals surface area contributed by atoms with Gasteiger partial charge in [-0.1, -0.05) is 20.9 Å². The highest BCUT2D eigenvalue weighted by atomic mass is 32.1. The number of carbonyl (C=O) groups excluding carboxylic acids is 1. The first-order valence-electron chi connectivity index (χ1n) is 2.26. The fourth-order valence-electron chi connectivity index (χ4n) is 0.209. The zero-order valence-corrected chi connectivity index (χ0v) is 5.57. The van der Waals surface area contributed by atoms with Crippen LogP contribution in [0.15, 0.2) is 12.2 Å². The highest BCUT2D eigenvalue weighted by Crippen LogP contribution is 1.99. The standard InChI is InChI=1S/C5H8O2S.CH4/c1-3-4(2)5(6)7-8;/h8H,2-3H2,1H3;1H4. The summed E-state index contributed by atoms with van der Waals surface area (Å²) in [6.45, 7) is 5.25. The number of hydrogen-bond donors (Lipinski definition) is 1. The molecule has 2 nitrogen and oxygen atoms in total. The first kappa shape index (κ1) is 11.4. The van der Waals surface area contributed by atoms with Crippen LogP contribution in [-0.4, -0.2) is 5.97 Å². The summed E-state index contributed by atoms with van der Waals surface area (Å²) < 4.78 is 4.06. The summed E-state index contributed by atoms with van der Waals surface area (Å²) in [7, 11) is 0. The van der Waals surface area contributed by atoms with Crippen LogP contribution < -0.4 is 0 Å². The molecule has 3 heteroatoms. The molecule has 0 amide bonds. The van der Waals surface area contributed by atoms with Gasteiger partial charge in [-0.2, -0.15) is 0 Å². The molecule has 0 N–H and O–H groups in total. The maximum Gasteiger partial charge on any atom is 0.345 e. The fraction of sp³-hybridized carbons (Fsp3) is 0.500. The summed E-state index contributed by atoms with van der Waals surface area (Å²) in [6.07, 6.45) is 0.611. The summed E-state index contributed by atoms with van der Waals surface area (Å²) in [6, 6.07) is 0. The van der Waals surface area contributed by atoms with E-state index in [-0.39, 0.29) is 7.43 Å². The van der Waals surface area contributed by atoms with Gasteiger partial charge >= 0.3 is 5.97 Å². The molecule has 0 aliphatic rings. The zero-order chi connectivity index (χ0) is 6.57. The van der Waals surface area contributed by atoms with E-state index in [1.165, 1.54) is 0 Å². The Balaban J connectivity index is 0. The van der Waals surface area contributed by atoms with E-state index < -0.39 is 5.97 Å².